The zero-order chi connectivity index (χ0) is 11.4. The van der Waals surface area contributed by atoms with Gasteiger partial charge in [-0.25, -0.2) is 4.39 Å². The SMILES string of the molecule is CCC1(CCc2ccc(F)cc2)CCCN1. The van der Waals surface area contributed by atoms with Crippen LogP contribution < -0.4 is 5.32 Å². The van der Waals surface area contributed by atoms with Crippen molar-refractivity contribution < 1.29 is 4.39 Å². The second kappa shape index (κ2) is 4.96. The summed E-state index contributed by atoms with van der Waals surface area (Å²) in [4.78, 5) is 0. The summed E-state index contributed by atoms with van der Waals surface area (Å²) in [7, 11) is 0. The first kappa shape index (κ1) is 11.6. The van der Waals surface area contributed by atoms with Gasteiger partial charge in [0.25, 0.3) is 0 Å². The van der Waals surface area contributed by atoms with Crippen LogP contribution in [0.25, 0.3) is 0 Å². The molecule has 1 saturated heterocycles. The molecule has 0 spiro atoms. The van der Waals surface area contributed by atoms with Crippen LogP contribution in [-0.4, -0.2) is 12.1 Å². The fraction of sp³-hybridized carbons (Fsp3) is 0.571. The molecule has 1 unspecified atom stereocenters. The Morgan fingerprint density at radius 3 is 2.62 bits per heavy atom. The quantitative estimate of drug-likeness (QED) is 0.822. The minimum absolute atomic E-state index is 0.145. The first-order valence-corrected chi connectivity index (χ1v) is 6.24. The summed E-state index contributed by atoms with van der Waals surface area (Å²) in [6.07, 6.45) is 5.96. The van der Waals surface area contributed by atoms with Crippen molar-refractivity contribution in [1.82, 2.24) is 5.32 Å². The van der Waals surface area contributed by atoms with Crippen LogP contribution in [0.2, 0.25) is 0 Å². The van der Waals surface area contributed by atoms with E-state index in [0.29, 0.717) is 5.54 Å². The normalized spacial score (nSPS) is 24.9. The number of hydrogen-bond acceptors (Lipinski definition) is 1. The van der Waals surface area contributed by atoms with Crippen molar-refractivity contribution in [3.63, 3.8) is 0 Å². The van der Waals surface area contributed by atoms with Crippen molar-refractivity contribution in [2.75, 3.05) is 6.54 Å². The second-order valence-corrected chi connectivity index (χ2v) is 4.79. The largest absolute Gasteiger partial charge is 0.311 e. The van der Waals surface area contributed by atoms with Crippen molar-refractivity contribution in [2.24, 2.45) is 0 Å². The average molecular weight is 221 g/mol. The molecule has 2 heteroatoms. The minimum Gasteiger partial charge on any atom is -0.311 e. The number of halogens is 1. The Kier molecular flexibility index (Phi) is 3.59. The zero-order valence-electron chi connectivity index (χ0n) is 9.93. The number of aryl methyl sites for hydroxylation is 1. The first-order valence-electron chi connectivity index (χ1n) is 6.24. The van der Waals surface area contributed by atoms with Crippen LogP contribution in [0.1, 0.15) is 38.2 Å². The number of hydrogen-bond donors (Lipinski definition) is 1. The Labute approximate surface area is 97.1 Å². The van der Waals surface area contributed by atoms with Gasteiger partial charge in [0.1, 0.15) is 5.82 Å². The Morgan fingerprint density at radius 1 is 1.31 bits per heavy atom. The monoisotopic (exact) mass is 221 g/mol. The van der Waals surface area contributed by atoms with Crippen molar-refractivity contribution in [3.8, 4) is 0 Å². The van der Waals surface area contributed by atoms with Crippen LogP contribution in [0.15, 0.2) is 24.3 Å². The topological polar surface area (TPSA) is 12.0 Å². The van der Waals surface area contributed by atoms with E-state index in [0.717, 1.165) is 19.4 Å². The second-order valence-electron chi connectivity index (χ2n) is 4.79. The van der Waals surface area contributed by atoms with Gasteiger partial charge in [0.15, 0.2) is 0 Å². The third-order valence-electron chi connectivity index (χ3n) is 3.81. The van der Waals surface area contributed by atoms with Gasteiger partial charge in [-0.15, -0.1) is 0 Å². The molecular weight excluding hydrogens is 201 g/mol. The minimum atomic E-state index is -0.145. The lowest BCUT2D eigenvalue weighted by atomic mass is 9.87. The maximum absolute atomic E-state index is 12.8. The molecule has 1 fully saturated rings. The van der Waals surface area contributed by atoms with E-state index in [1.165, 1.54) is 24.8 Å². The Balaban J connectivity index is 1.93. The van der Waals surface area contributed by atoms with Gasteiger partial charge in [0.2, 0.25) is 0 Å². The molecule has 0 aliphatic carbocycles. The van der Waals surface area contributed by atoms with Crippen molar-refractivity contribution >= 4 is 0 Å². The Hall–Kier alpha value is -0.890. The summed E-state index contributed by atoms with van der Waals surface area (Å²) in [5, 5.41) is 3.63. The summed E-state index contributed by atoms with van der Waals surface area (Å²) >= 11 is 0. The van der Waals surface area contributed by atoms with E-state index in [1.807, 2.05) is 12.1 Å². The molecule has 1 N–H and O–H groups in total. The van der Waals surface area contributed by atoms with Gasteiger partial charge in [0.05, 0.1) is 0 Å². The van der Waals surface area contributed by atoms with Crippen molar-refractivity contribution in [1.29, 1.82) is 0 Å². The predicted octanol–water partition coefficient (Wildman–Crippen LogP) is 3.29. The molecule has 1 aliphatic heterocycles. The Bertz CT molecular complexity index is 325. The third-order valence-corrected chi connectivity index (χ3v) is 3.81. The van der Waals surface area contributed by atoms with E-state index in [4.69, 9.17) is 0 Å². The van der Waals surface area contributed by atoms with Gasteiger partial charge >= 0.3 is 0 Å². The highest BCUT2D eigenvalue weighted by Gasteiger charge is 2.30. The van der Waals surface area contributed by atoms with Gasteiger partial charge in [0, 0.05) is 5.54 Å². The maximum atomic E-state index is 12.8. The van der Waals surface area contributed by atoms with Crippen LogP contribution >= 0.6 is 0 Å². The summed E-state index contributed by atoms with van der Waals surface area (Å²) < 4.78 is 12.8. The molecule has 2 rings (SSSR count). The van der Waals surface area contributed by atoms with Crippen LogP contribution in [-0.2, 0) is 6.42 Å². The molecule has 1 aromatic rings. The highest BCUT2D eigenvalue weighted by molar-refractivity contribution is 5.16. The smallest absolute Gasteiger partial charge is 0.123 e. The van der Waals surface area contributed by atoms with E-state index in [-0.39, 0.29) is 5.82 Å². The van der Waals surface area contributed by atoms with Gasteiger partial charge < -0.3 is 5.32 Å². The van der Waals surface area contributed by atoms with E-state index in [1.54, 1.807) is 12.1 Å². The summed E-state index contributed by atoms with van der Waals surface area (Å²) in [5.41, 5.74) is 1.58. The van der Waals surface area contributed by atoms with Crippen LogP contribution in [0.5, 0.6) is 0 Å². The lowest BCUT2D eigenvalue weighted by Gasteiger charge is -2.28. The molecule has 1 heterocycles. The van der Waals surface area contributed by atoms with Crippen molar-refractivity contribution in [2.45, 2.75) is 44.6 Å². The standard InChI is InChI=1S/C14H20FN/c1-2-14(9-3-11-16-14)10-8-12-4-6-13(15)7-5-12/h4-7,16H,2-3,8-11H2,1H3. The highest BCUT2D eigenvalue weighted by atomic mass is 19.1. The maximum Gasteiger partial charge on any atom is 0.123 e. The van der Waals surface area contributed by atoms with Crippen LogP contribution in [0.4, 0.5) is 4.39 Å². The van der Waals surface area contributed by atoms with Gasteiger partial charge in [-0.2, -0.15) is 0 Å². The highest BCUT2D eigenvalue weighted by Crippen LogP contribution is 2.28. The fourth-order valence-electron chi connectivity index (χ4n) is 2.60. The average Bonchev–Trinajstić information content (AvgIpc) is 2.78. The molecule has 0 aromatic heterocycles. The molecule has 1 nitrogen and oxygen atoms in total. The lowest BCUT2D eigenvalue weighted by molar-refractivity contribution is 0.336. The van der Waals surface area contributed by atoms with Crippen molar-refractivity contribution in [3.05, 3.63) is 35.6 Å². The summed E-state index contributed by atoms with van der Waals surface area (Å²) in [6.45, 7) is 3.40. The molecule has 0 amide bonds. The molecular formula is C14H20FN. The van der Waals surface area contributed by atoms with Gasteiger partial charge in [-0.1, -0.05) is 19.1 Å². The number of benzene rings is 1. The summed E-state index contributed by atoms with van der Waals surface area (Å²) in [6, 6.07) is 6.90. The fourth-order valence-corrected chi connectivity index (χ4v) is 2.60. The molecule has 0 saturated carbocycles. The lowest BCUT2D eigenvalue weighted by Crippen LogP contribution is -2.39. The summed E-state index contributed by atoms with van der Waals surface area (Å²) in [5.74, 6) is -0.145. The number of rotatable bonds is 4. The third kappa shape index (κ3) is 2.62. The van der Waals surface area contributed by atoms with Crippen LogP contribution in [0.3, 0.4) is 0 Å². The first-order chi connectivity index (χ1) is 7.74. The molecule has 0 radical (unpaired) electrons. The van der Waals surface area contributed by atoms with Gasteiger partial charge in [-0.3, -0.25) is 0 Å². The van der Waals surface area contributed by atoms with E-state index >= 15 is 0 Å². The predicted molar refractivity (Wildman–Crippen MR) is 65.0 cm³/mol. The van der Waals surface area contributed by atoms with Gasteiger partial charge in [-0.05, 0) is 56.3 Å². The number of nitrogens with one attached hydrogen (secondary N) is 1. The molecule has 1 aromatic carbocycles. The zero-order valence-corrected chi connectivity index (χ0v) is 9.93. The molecule has 16 heavy (non-hydrogen) atoms. The van der Waals surface area contributed by atoms with E-state index in [9.17, 15) is 4.39 Å². The van der Waals surface area contributed by atoms with E-state index in [2.05, 4.69) is 12.2 Å². The molecule has 1 atom stereocenters. The molecule has 88 valence electrons. The molecule has 1 aliphatic rings. The molecule has 0 bridgehead atoms. The van der Waals surface area contributed by atoms with Crippen LogP contribution in [0, 0.1) is 5.82 Å². The Morgan fingerprint density at radius 2 is 2.06 bits per heavy atom. The van der Waals surface area contributed by atoms with E-state index < -0.39 is 0 Å².